The van der Waals surface area contributed by atoms with Crippen LogP contribution in [0.1, 0.15) is 5.56 Å². The minimum Gasteiger partial charge on any atom is -0.268 e. The molecule has 0 atom stereocenters. The Kier molecular flexibility index (Phi) is 7.69. The number of amides is 2. The van der Waals surface area contributed by atoms with Crippen LogP contribution in [0.4, 0.5) is 22.7 Å². The molecule has 14 heteroatoms. The number of nitro benzene ring substituents is 2. The highest BCUT2D eigenvalue weighted by molar-refractivity contribution is 8.01. The Morgan fingerprint density at radius 3 is 1.98 bits per heavy atom. The fraction of sp³-hybridized carbons (Fsp3) is 0. The highest BCUT2D eigenvalue weighted by atomic mass is 32.2. The predicted octanol–water partition coefficient (Wildman–Crippen LogP) is 7.01. The number of carbonyl (C=O) groups excluding carboxylic acids is 2. The number of carbonyl (C=O) groups is 2. The van der Waals surface area contributed by atoms with Gasteiger partial charge in [-0.1, -0.05) is 54.2 Å². The van der Waals surface area contributed by atoms with Gasteiger partial charge < -0.3 is 0 Å². The topological polar surface area (TPSA) is 140 Å². The van der Waals surface area contributed by atoms with E-state index in [1.807, 2.05) is 0 Å². The normalized spacial score (nSPS) is 13.5. The van der Waals surface area contributed by atoms with Crippen molar-refractivity contribution in [3.63, 3.8) is 0 Å². The van der Waals surface area contributed by atoms with Crippen molar-refractivity contribution < 1.29 is 19.4 Å². The van der Waals surface area contributed by atoms with E-state index >= 15 is 0 Å². The predicted molar refractivity (Wildman–Crippen MR) is 172 cm³/mol. The second-order valence-corrected chi connectivity index (χ2v) is 12.0. The van der Waals surface area contributed by atoms with E-state index in [1.165, 1.54) is 57.5 Å². The molecule has 1 aliphatic heterocycles. The summed E-state index contributed by atoms with van der Waals surface area (Å²) in [6.45, 7) is 0. The van der Waals surface area contributed by atoms with E-state index in [-0.39, 0.29) is 32.5 Å². The van der Waals surface area contributed by atoms with Gasteiger partial charge >= 0.3 is 0 Å². The Morgan fingerprint density at radius 1 is 0.795 bits per heavy atom. The molecule has 11 nitrogen and oxygen atoms in total. The molecule has 0 bridgehead atoms. The van der Waals surface area contributed by atoms with Crippen molar-refractivity contribution >= 4 is 91.3 Å². The number of para-hydroxylation sites is 2. The van der Waals surface area contributed by atoms with Crippen LogP contribution in [0.15, 0.2) is 112 Å². The standard InChI is InChI=1S/C30H17N5O6S3/c36-27-22(28(37)33(20-9-5-2-6-10-20)30(42)32(27)19-7-3-1-4-8-19)15-18-11-14-25(24(16-18)35(40)41)43-29-31-23-13-12-21(34(38)39)17-26(23)44-29/h1-17H. The van der Waals surface area contributed by atoms with Gasteiger partial charge in [-0.25, -0.2) is 4.98 Å². The van der Waals surface area contributed by atoms with Gasteiger partial charge in [0.05, 0.1) is 36.3 Å². The van der Waals surface area contributed by atoms with Gasteiger partial charge in [-0.2, -0.15) is 0 Å². The monoisotopic (exact) mass is 639 g/mol. The average Bonchev–Trinajstić information content (AvgIpc) is 3.42. The molecule has 0 unspecified atom stereocenters. The van der Waals surface area contributed by atoms with Crippen LogP contribution in [0.2, 0.25) is 0 Å². The number of hydrogen-bond donors (Lipinski definition) is 0. The zero-order valence-corrected chi connectivity index (χ0v) is 24.7. The number of rotatable bonds is 7. The van der Waals surface area contributed by atoms with Gasteiger partial charge in [-0.05, 0) is 60.3 Å². The molecule has 4 aromatic carbocycles. The van der Waals surface area contributed by atoms with Crippen LogP contribution in [0, 0.1) is 20.2 Å². The molecule has 0 aliphatic carbocycles. The third-order valence-corrected chi connectivity index (χ3v) is 9.04. The molecule has 2 heterocycles. The molecule has 0 radical (unpaired) electrons. The second kappa shape index (κ2) is 11.8. The van der Waals surface area contributed by atoms with Gasteiger partial charge in [0.25, 0.3) is 23.2 Å². The lowest BCUT2D eigenvalue weighted by atomic mass is 10.0. The van der Waals surface area contributed by atoms with Gasteiger partial charge in [-0.3, -0.25) is 39.6 Å². The fourth-order valence-electron chi connectivity index (χ4n) is 4.50. The zero-order valence-electron chi connectivity index (χ0n) is 22.2. The third-order valence-electron chi connectivity index (χ3n) is 6.53. The molecule has 1 aliphatic rings. The van der Waals surface area contributed by atoms with Crippen molar-refractivity contribution in [2.45, 2.75) is 9.24 Å². The molecule has 216 valence electrons. The smallest absolute Gasteiger partial charge is 0.268 e. The first-order valence-electron chi connectivity index (χ1n) is 12.8. The molecule has 6 rings (SSSR count). The summed E-state index contributed by atoms with van der Waals surface area (Å²) >= 11 is 7.83. The van der Waals surface area contributed by atoms with Crippen molar-refractivity contribution in [2.75, 3.05) is 9.80 Å². The lowest BCUT2D eigenvalue weighted by molar-refractivity contribution is -0.387. The maximum atomic E-state index is 13.7. The number of fused-ring (bicyclic) bond motifs is 1. The molecular weight excluding hydrogens is 623 g/mol. The second-order valence-electron chi connectivity index (χ2n) is 9.27. The molecule has 1 aromatic heterocycles. The Labute approximate surface area is 262 Å². The number of hydrogen-bond acceptors (Lipinski definition) is 10. The summed E-state index contributed by atoms with van der Waals surface area (Å²) in [7, 11) is 0. The summed E-state index contributed by atoms with van der Waals surface area (Å²) in [6, 6.07) is 25.9. The minimum atomic E-state index is -0.664. The van der Waals surface area contributed by atoms with Crippen LogP contribution in [-0.2, 0) is 9.59 Å². The minimum absolute atomic E-state index is 0.0200. The molecule has 1 saturated heterocycles. The molecule has 2 amide bonds. The Balaban J connectivity index is 1.38. The lowest BCUT2D eigenvalue weighted by Crippen LogP contribution is -2.56. The SMILES string of the molecule is O=C1C(=Cc2ccc(Sc3nc4ccc([N+](=O)[O-])cc4s3)c([N+](=O)[O-])c2)C(=O)N(c2ccccc2)C(=S)N1c1ccccc1. The van der Waals surface area contributed by atoms with Crippen LogP contribution < -0.4 is 9.80 Å². The summed E-state index contributed by atoms with van der Waals surface area (Å²) in [5.74, 6) is -1.33. The molecule has 44 heavy (non-hydrogen) atoms. The average molecular weight is 640 g/mol. The van der Waals surface area contributed by atoms with Crippen LogP contribution in [0.25, 0.3) is 16.3 Å². The third kappa shape index (κ3) is 5.44. The lowest BCUT2D eigenvalue weighted by Gasteiger charge is -2.36. The largest absolute Gasteiger partial charge is 0.283 e. The maximum absolute atomic E-state index is 13.7. The van der Waals surface area contributed by atoms with Crippen LogP contribution in [0.5, 0.6) is 0 Å². The summed E-state index contributed by atoms with van der Waals surface area (Å²) in [4.78, 5) is 56.9. The molecular formula is C30H17N5O6S3. The zero-order chi connectivity index (χ0) is 31.0. The van der Waals surface area contributed by atoms with Gasteiger partial charge in [-0.15, -0.1) is 11.3 Å². The number of benzene rings is 4. The van der Waals surface area contributed by atoms with E-state index in [9.17, 15) is 29.8 Å². The number of nitrogens with zero attached hydrogens (tertiary/aromatic N) is 5. The first-order chi connectivity index (χ1) is 21.2. The van der Waals surface area contributed by atoms with Crippen molar-refractivity contribution in [1.29, 1.82) is 0 Å². The summed E-state index contributed by atoms with van der Waals surface area (Å²) < 4.78 is 1.03. The summed E-state index contributed by atoms with van der Waals surface area (Å²) in [6.07, 6.45) is 1.32. The van der Waals surface area contributed by atoms with Crippen molar-refractivity contribution in [3.05, 3.63) is 128 Å². The van der Waals surface area contributed by atoms with Gasteiger partial charge in [0.1, 0.15) is 5.57 Å². The first kappa shape index (κ1) is 28.8. The number of nitro groups is 2. The van der Waals surface area contributed by atoms with Gasteiger partial charge in [0.15, 0.2) is 9.45 Å². The van der Waals surface area contributed by atoms with Crippen molar-refractivity contribution in [3.8, 4) is 0 Å². The molecule has 0 spiro atoms. The summed E-state index contributed by atoms with van der Waals surface area (Å²) in [5.41, 5.74) is 1.14. The number of thiocarbonyl (C=S) groups is 1. The number of non-ortho nitro benzene ring substituents is 1. The Bertz CT molecular complexity index is 1970. The Morgan fingerprint density at radius 2 is 1.41 bits per heavy atom. The quantitative estimate of drug-likeness (QED) is 0.0604. The van der Waals surface area contributed by atoms with Gasteiger partial charge in [0.2, 0.25) is 0 Å². The van der Waals surface area contributed by atoms with E-state index in [0.29, 0.717) is 25.9 Å². The van der Waals surface area contributed by atoms with E-state index < -0.39 is 21.7 Å². The maximum Gasteiger partial charge on any atom is 0.283 e. The number of anilines is 2. The highest BCUT2D eigenvalue weighted by Gasteiger charge is 2.41. The van der Waals surface area contributed by atoms with Crippen molar-refractivity contribution in [2.24, 2.45) is 0 Å². The van der Waals surface area contributed by atoms with Crippen molar-refractivity contribution in [1.82, 2.24) is 4.98 Å². The van der Waals surface area contributed by atoms with Gasteiger partial charge in [0, 0.05) is 18.2 Å². The number of thiazole rings is 1. The molecule has 1 fully saturated rings. The first-order valence-corrected chi connectivity index (χ1v) is 14.8. The van der Waals surface area contributed by atoms with E-state index in [2.05, 4.69) is 4.98 Å². The Hall–Kier alpha value is -5.31. The van der Waals surface area contributed by atoms with Crippen LogP contribution in [0.3, 0.4) is 0 Å². The van der Waals surface area contributed by atoms with E-state index in [0.717, 1.165) is 11.8 Å². The molecule has 5 aromatic rings. The van der Waals surface area contributed by atoms with Crippen LogP contribution >= 0.6 is 35.3 Å². The van der Waals surface area contributed by atoms with Crippen LogP contribution in [-0.4, -0.2) is 31.8 Å². The highest BCUT2D eigenvalue weighted by Crippen LogP contribution is 2.40. The number of aromatic nitrogens is 1. The van der Waals surface area contributed by atoms with E-state index in [4.69, 9.17) is 12.2 Å². The molecule has 0 saturated carbocycles. The molecule has 0 N–H and O–H groups in total. The fourth-order valence-corrected chi connectivity index (χ4v) is 7.02. The van der Waals surface area contributed by atoms with E-state index in [1.54, 1.807) is 66.7 Å². The summed E-state index contributed by atoms with van der Waals surface area (Å²) in [5, 5.41) is 23.2.